The van der Waals surface area contributed by atoms with Gasteiger partial charge in [0.25, 0.3) is 0 Å². The summed E-state index contributed by atoms with van der Waals surface area (Å²) in [6.45, 7) is 0.526. The van der Waals surface area contributed by atoms with E-state index in [1.165, 1.54) is 12.1 Å². The molecule has 0 aliphatic heterocycles. The zero-order valence-electron chi connectivity index (χ0n) is 7.39. The Morgan fingerprint density at radius 3 is 2.86 bits per heavy atom. The van der Waals surface area contributed by atoms with Gasteiger partial charge in [-0.05, 0) is 17.7 Å². The monoisotopic (exact) mass is 216 g/mol. The van der Waals surface area contributed by atoms with Gasteiger partial charge in [0, 0.05) is 6.54 Å². The van der Waals surface area contributed by atoms with E-state index in [2.05, 4.69) is 5.32 Å². The van der Waals surface area contributed by atoms with Gasteiger partial charge in [-0.3, -0.25) is 4.79 Å². The third-order valence-electron chi connectivity index (χ3n) is 1.61. The van der Waals surface area contributed by atoms with E-state index in [1.54, 1.807) is 6.07 Å². The number of hydrogen-bond donors (Lipinski definition) is 2. The number of rotatable bonds is 4. The van der Waals surface area contributed by atoms with E-state index < -0.39 is 11.7 Å². The Hall–Kier alpha value is -1.13. The number of amides is 1. The second-order valence-electron chi connectivity index (χ2n) is 2.82. The fourth-order valence-corrected chi connectivity index (χ4v) is 1.18. The topological polar surface area (TPSA) is 55.1 Å². The van der Waals surface area contributed by atoms with Crippen LogP contribution in [-0.4, -0.2) is 12.5 Å². The van der Waals surface area contributed by atoms with Gasteiger partial charge in [0.05, 0.1) is 11.6 Å². The molecular formula is C9H10ClFN2O. The van der Waals surface area contributed by atoms with Crippen LogP contribution in [0.5, 0.6) is 0 Å². The molecule has 1 aromatic carbocycles. The molecule has 0 aliphatic rings. The van der Waals surface area contributed by atoms with Crippen LogP contribution < -0.4 is 11.1 Å². The first-order valence-corrected chi connectivity index (χ1v) is 4.40. The number of nitrogens with one attached hydrogen (secondary N) is 1. The summed E-state index contributed by atoms with van der Waals surface area (Å²) in [6.07, 6.45) is 0. The molecule has 1 aromatic rings. The summed E-state index contributed by atoms with van der Waals surface area (Å²) in [5.41, 5.74) is 5.73. The molecule has 1 amide bonds. The molecule has 0 aromatic heterocycles. The number of hydrogen-bond acceptors (Lipinski definition) is 2. The Bertz CT molecular complexity index is 344. The third kappa shape index (κ3) is 3.32. The van der Waals surface area contributed by atoms with E-state index in [1.807, 2.05) is 0 Å². The summed E-state index contributed by atoms with van der Waals surface area (Å²) in [6, 6.07) is 4.38. The minimum atomic E-state index is -0.453. The van der Waals surface area contributed by atoms with Crippen LogP contribution in [0, 0.1) is 5.82 Å². The summed E-state index contributed by atoms with van der Waals surface area (Å²) < 4.78 is 12.7. The first-order chi connectivity index (χ1) is 6.59. The molecule has 0 heterocycles. The van der Waals surface area contributed by atoms with Crippen LogP contribution in [0.15, 0.2) is 18.2 Å². The highest BCUT2D eigenvalue weighted by atomic mass is 35.5. The third-order valence-corrected chi connectivity index (χ3v) is 1.90. The Kier molecular flexibility index (Phi) is 3.85. The van der Waals surface area contributed by atoms with Crippen LogP contribution in [-0.2, 0) is 11.3 Å². The van der Waals surface area contributed by atoms with Crippen molar-refractivity contribution in [3.8, 4) is 0 Å². The van der Waals surface area contributed by atoms with E-state index in [9.17, 15) is 9.18 Å². The van der Waals surface area contributed by atoms with Crippen LogP contribution >= 0.6 is 11.6 Å². The van der Waals surface area contributed by atoms with Gasteiger partial charge >= 0.3 is 0 Å². The van der Waals surface area contributed by atoms with Crippen molar-refractivity contribution < 1.29 is 9.18 Å². The lowest BCUT2D eigenvalue weighted by Crippen LogP contribution is -2.28. The lowest BCUT2D eigenvalue weighted by Gasteiger charge is -2.03. The molecule has 0 spiro atoms. The highest BCUT2D eigenvalue weighted by Crippen LogP contribution is 2.15. The fraction of sp³-hybridized carbons (Fsp3) is 0.222. The summed E-state index contributed by atoms with van der Waals surface area (Å²) in [4.78, 5) is 10.4. The Morgan fingerprint density at radius 1 is 1.57 bits per heavy atom. The molecule has 3 N–H and O–H groups in total. The van der Waals surface area contributed by atoms with E-state index in [0.717, 1.165) is 5.56 Å². The fourth-order valence-electron chi connectivity index (χ4n) is 0.980. The average Bonchev–Trinajstić information content (AvgIpc) is 2.10. The van der Waals surface area contributed by atoms with Crippen molar-refractivity contribution in [1.82, 2.24) is 5.32 Å². The molecule has 0 atom stereocenters. The Labute approximate surface area is 86.0 Å². The van der Waals surface area contributed by atoms with E-state index in [-0.39, 0.29) is 11.6 Å². The summed E-state index contributed by atoms with van der Waals surface area (Å²) in [5.74, 6) is -0.886. The summed E-state index contributed by atoms with van der Waals surface area (Å²) in [7, 11) is 0. The maximum absolute atomic E-state index is 12.7. The first kappa shape index (κ1) is 10.9. The van der Waals surface area contributed by atoms with Crippen molar-refractivity contribution in [3.05, 3.63) is 34.6 Å². The maximum Gasteiger partial charge on any atom is 0.231 e. The minimum absolute atomic E-state index is 0.0726. The largest absolute Gasteiger partial charge is 0.369 e. The van der Waals surface area contributed by atoms with Gasteiger partial charge in [0.2, 0.25) is 5.91 Å². The van der Waals surface area contributed by atoms with Gasteiger partial charge in [-0.25, -0.2) is 4.39 Å². The quantitative estimate of drug-likeness (QED) is 0.791. The van der Waals surface area contributed by atoms with E-state index >= 15 is 0 Å². The molecule has 0 saturated carbocycles. The molecule has 0 unspecified atom stereocenters. The SMILES string of the molecule is NC(=O)CNCc1ccc(F)c(Cl)c1. The van der Waals surface area contributed by atoms with Crippen molar-refractivity contribution in [3.63, 3.8) is 0 Å². The molecule has 0 bridgehead atoms. The van der Waals surface area contributed by atoms with Gasteiger partial charge in [0.15, 0.2) is 0 Å². The number of carbonyl (C=O) groups excluding carboxylic acids is 1. The molecule has 0 fully saturated rings. The van der Waals surface area contributed by atoms with Crippen molar-refractivity contribution in [2.45, 2.75) is 6.54 Å². The molecule has 76 valence electrons. The lowest BCUT2D eigenvalue weighted by molar-refractivity contribution is -0.117. The molecule has 5 heteroatoms. The first-order valence-electron chi connectivity index (χ1n) is 4.02. The number of benzene rings is 1. The molecular weight excluding hydrogens is 207 g/mol. The molecule has 3 nitrogen and oxygen atoms in total. The average molecular weight is 217 g/mol. The van der Waals surface area contributed by atoms with Crippen LogP contribution in [0.3, 0.4) is 0 Å². The van der Waals surface area contributed by atoms with Crippen molar-refractivity contribution in [2.75, 3.05) is 6.54 Å². The van der Waals surface area contributed by atoms with Crippen LogP contribution in [0.4, 0.5) is 4.39 Å². The standard InChI is InChI=1S/C9H10ClFN2O/c10-7-3-6(1-2-8(7)11)4-13-5-9(12)14/h1-3,13H,4-5H2,(H2,12,14). The summed E-state index contributed by atoms with van der Waals surface area (Å²) in [5, 5.41) is 2.86. The minimum Gasteiger partial charge on any atom is -0.369 e. The molecule has 0 radical (unpaired) electrons. The van der Waals surface area contributed by atoms with Gasteiger partial charge in [0.1, 0.15) is 5.82 Å². The maximum atomic E-state index is 12.7. The van der Waals surface area contributed by atoms with E-state index in [4.69, 9.17) is 17.3 Å². The van der Waals surface area contributed by atoms with Gasteiger partial charge in [-0.1, -0.05) is 17.7 Å². The second-order valence-corrected chi connectivity index (χ2v) is 3.23. The molecule has 0 aliphatic carbocycles. The highest BCUT2D eigenvalue weighted by molar-refractivity contribution is 6.30. The molecule has 1 rings (SSSR count). The number of nitrogens with two attached hydrogens (primary N) is 1. The van der Waals surface area contributed by atoms with Crippen LogP contribution in [0.1, 0.15) is 5.56 Å². The Morgan fingerprint density at radius 2 is 2.29 bits per heavy atom. The second kappa shape index (κ2) is 4.93. The van der Waals surface area contributed by atoms with Crippen molar-refractivity contribution >= 4 is 17.5 Å². The normalized spacial score (nSPS) is 10.1. The van der Waals surface area contributed by atoms with Crippen molar-refractivity contribution in [2.24, 2.45) is 5.73 Å². The molecule has 14 heavy (non-hydrogen) atoms. The predicted molar refractivity (Wildman–Crippen MR) is 52.3 cm³/mol. The van der Waals surface area contributed by atoms with Crippen molar-refractivity contribution in [1.29, 1.82) is 0 Å². The number of primary amides is 1. The summed E-state index contributed by atoms with van der Waals surface area (Å²) >= 11 is 5.56. The van der Waals surface area contributed by atoms with Crippen LogP contribution in [0.2, 0.25) is 5.02 Å². The number of carbonyl (C=O) groups is 1. The van der Waals surface area contributed by atoms with Crippen LogP contribution in [0.25, 0.3) is 0 Å². The number of halogens is 2. The van der Waals surface area contributed by atoms with Gasteiger partial charge in [-0.2, -0.15) is 0 Å². The lowest BCUT2D eigenvalue weighted by atomic mass is 10.2. The highest BCUT2D eigenvalue weighted by Gasteiger charge is 2.00. The Balaban J connectivity index is 2.51. The zero-order chi connectivity index (χ0) is 10.6. The van der Waals surface area contributed by atoms with E-state index in [0.29, 0.717) is 6.54 Å². The van der Waals surface area contributed by atoms with Gasteiger partial charge in [-0.15, -0.1) is 0 Å². The predicted octanol–water partition coefficient (Wildman–Crippen LogP) is 1.05. The molecule has 0 saturated heterocycles. The zero-order valence-corrected chi connectivity index (χ0v) is 8.14. The van der Waals surface area contributed by atoms with Gasteiger partial charge < -0.3 is 11.1 Å². The smallest absolute Gasteiger partial charge is 0.231 e.